The summed E-state index contributed by atoms with van der Waals surface area (Å²) in [7, 11) is 0. The zero-order chi connectivity index (χ0) is 18.6. The van der Waals surface area contributed by atoms with E-state index in [9.17, 15) is 25.0 Å². The first-order valence-electron chi connectivity index (χ1n) is 6.89. The Bertz CT molecular complexity index is 854. The molecule has 0 heterocycles. The van der Waals surface area contributed by atoms with Gasteiger partial charge in [0, 0.05) is 11.6 Å². The third-order valence-electron chi connectivity index (χ3n) is 3.03. The van der Waals surface area contributed by atoms with Gasteiger partial charge in [-0.15, -0.1) is 0 Å². The van der Waals surface area contributed by atoms with Crippen LogP contribution in [0.1, 0.15) is 17.3 Å². The minimum absolute atomic E-state index is 0.173. The number of nitrogens with zero attached hydrogens (tertiary/aromatic N) is 2. The number of aldehydes is 1. The maximum atomic E-state index is 11.2. The molecular weight excluding hydrogens is 447 g/mol. The molecule has 10 heteroatoms. The molecule has 0 saturated carbocycles. The van der Waals surface area contributed by atoms with Crippen molar-refractivity contribution in [2.75, 3.05) is 6.61 Å². The van der Waals surface area contributed by atoms with E-state index >= 15 is 0 Å². The zero-order valence-electron chi connectivity index (χ0n) is 12.8. The molecule has 0 N–H and O–H groups in total. The van der Waals surface area contributed by atoms with Gasteiger partial charge in [0.15, 0.2) is 11.5 Å². The fraction of sp³-hybridized carbons (Fsp3) is 0.133. The van der Waals surface area contributed by atoms with Gasteiger partial charge in [-0.05, 0) is 47.7 Å². The molecule has 0 unspecified atom stereocenters. The molecule has 25 heavy (non-hydrogen) atoms. The van der Waals surface area contributed by atoms with Crippen molar-refractivity contribution in [3.8, 4) is 17.2 Å². The zero-order valence-corrected chi connectivity index (χ0v) is 15.0. The Morgan fingerprint density at radius 3 is 2.40 bits per heavy atom. The van der Waals surface area contributed by atoms with Crippen LogP contribution in [0, 0.1) is 23.8 Å². The number of rotatable bonds is 7. The van der Waals surface area contributed by atoms with Crippen molar-refractivity contribution in [3.05, 3.63) is 59.7 Å². The number of nitro groups is 2. The van der Waals surface area contributed by atoms with Crippen molar-refractivity contribution in [3.63, 3.8) is 0 Å². The highest BCUT2D eigenvalue weighted by atomic mass is 127. The van der Waals surface area contributed by atoms with Gasteiger partial charge in [-0.25, -0.2) is 0 Å². The largest absolute Gasteiger partial charge is 0.490 e. The first-order chi connectivity index (χ1) is 11.9. The van der Waals surface area contributed by atoms with Gasteiger partial charge in [-0.2, -0.15) is 0 Å². The van der Waals surface area contributed by atoms with E-state index in [1.165, 1.54) is 12.1 Å². The Kier molecular flexibility index (Phi) is 5.85. The Morgan fingerprint density at radius 1 is 1.12 bits per heavy atom. The molecule has 0 atom stereocenters. The van der Waals surface area contributed by atoms with Gasteiger partial charge in [0.05, 0.1) is 26.1 Å². The summed E-state index contributed by atoms with van der Waals surface area (Å²) in [6.07, 6.45) is 0.642. The molecule has 0 saturated heterocycles. The topological polar surface area (TPSA) is 122 Å². The van der Waals surface area contributed by atoms with Crippen molar-refractivity contribution < 1.29 is 24.1 Å². The van der Waals surface area contributed by atoms with E-state index in [4.69, 9.17) is 9.47 Å². The molecule has 0 aliphatic carbocycles. The van der Waals surface area contributed by atoms with Crippen LogP contribution in [0.3, 0.4) is 0 Å². The molecule has 0 aliphatic heterocycles. The second kappa shape index (κ2) is 7.88. The molecule has 2 rings (SSSR count). The number of nitro benzene ring substituents is 2. The number of hydrogen-bond acceptors (Lipinski definition) is 7. The van der Waals surface area contributed by atoms with Gasteiger partial charge >= 0.3 is 5.69 Å². The summed E-state index contributed by atoms with van der Waals surface area (Å²) in [6, 6.07) is 6.06. The number of carbonyl (C=O) groups excluding carboxylic acids is 1. The van der Waals surface area contributed by atoms with Crippen LogP contribution in [0.2, 0.25) is 0 Å². The highest BCUT2D eigenvalue weighted by molar-refractivity contribution is 14.1. The maximum absolute atomic E-state index is 11.2. The van der Waals surface area contributed by atoms with Crippen molar-refractivity contribution in [2.24, 2.45) is 0 Å². The van der Waals surface area contributed by atoms with E-state index in [1.54, 1.807) is 6.92 Å². The van der Waals surface area contributed by atoms with Crippen LogP contribution in [0.5, 0.6) is 17.2 Å². The molecule has 0 spiro atoms. The predicted molar refractivity (Wildman–Crippen MR) is 95.5 cm³/mol. The number of hydrogen-bond donors (Lipinski definition) is 0. The lowest BCUT2D eigenvalue weighted by molar-refractivity contribution is -0.394. The van der Waals surface area contributed by atoms with Crippen LogP contribution in [0.15, 0.2) is 30.3 Å². The quantitative estimate of drug-likeness (QED) is 0.265. The predicted octanol–water partition coefficient (Wildman–Crippen LogP) is 4.11. The van der Waals surface area contributed by atoms with Crippen LogP contribution in [-0.2, 0) is 0 Å². The van der Waals surface area contributed by atoms with Crippen LogP contribution in [-0.4, -0.2) is 22.7 Å². The molecule has 0 bridgehead atoms. The molecule has 0 aliphatic rings. The molecule has 9 nitrogen and oxygen atoms in total. The summed E-state index contributed by atoms with van der Waals surface area (Å²) >= 11 is 1.91. The fourth-order valence-corrected chi connectivity index (χ4v) is 2.71. The summed E-state index contributed by atoms with van der Waals surface area (Å²) < 4.78 is 11.5. The average molecular weight is 458 g/mol. The SMILES string of the molecule is CCOc1cc(C=O)cc(I)c1Oc1ccc([N+](=O)[O-])cc1[N+](=O)[O-]. The third kappa shape index (κ3) is 4.21. The molecule has 0 aromatic heterocycles. The molecule has 130 valence electrons. The maximum Gasteiger partial charge on any atom is 0.318 e. The summed E-state index contributed by atoms with van der Waals surface area (Å²) in [5, 5.41) is 22.0. The summed E-state index contributed by atoms with van der Waals surface area (Å²) in [5.74, 6) is 0.252. The van der Waals surface area contributed by atoms with E-state index in [1.807, 2.05) is 22.6 Å². The van der Waals surface area contributed by atoms with Crippen LogP contribution in [0.25, 0.3) is 0 Å². The van der Waals surface area contributed by atoms with E-state index in [0.717, 1.165) is 18.2 Å². The van der Waals surface area contributed by atoms with E-state index in [2.05, 4.69) is 0 Å². The fourth-order valence-electron chi connectivity index (χ4n) is 1.98. The van der Waals surface area contributed by atoms with Crippen molar-refractivity contribution in [1.82, 2.24) is 0 Å². The first kappa shape index (κ1) is 18.6. The number of ether oxygens (including phenoxy) is 2. The summed E-state index contributed by atoms with van der Waals surface area (Å²) in [5.41, 5.74) is -0.611. The highest BCUT2D eigenvalue weighted by Crippen LogP contribution is 2.41. The van der Waals surface area contributed by atoms with E-state index in [0.29, 0.717) is 15.4 Å². The Hall–Kier alpha value is -2.76. The molecule has 0 radical (unpaired) electrons. The minimum Gasteiger partial charge on any atom is -0.490 e. The van der Waals surface area contributed by atoms with E-state index < -0.39 is 21.2 Å². The Labute approximate surface area is 155 Å². The molecule has 0 fully saturated rings. The lowest BCUT2D eigenvalue weighted by atomic mass is 10.2. The average Bonchev–Trinajstić information content (AvgIpc) is 2.57. The Morgan fingerprint density at radius 2 is 1.84 bits per heavy atom. The van der Waals surface area contributed by atoms with Crippen molar-refractivity contribution in [2.45, 2.75) is 6.92 Å². The van der Waals surface area contributed by atoms with Crippen LogP contribution < -0.4 is 9.47 Å². The second-order valence-electron chi connectivity index (χ2n) is 4.65. The van der Waals surface area contributed by atoms with Gasteiger partial charge in [-0.3, -0.25) is 25.0 Å². The smallest absolute Gasteiger partial charge is 0.318 e. The monoisotopic (exact) mass is 458 g/mol. The number of halogens is 1. The van der Waals surface area contributed by atoms with Crippen molar-refractivity contribution in [1.29, 1.82) is 0 Å². The van der Waals surface area contributed by atoms with Gasteiger partial charge in [0.25, 0.3) is 5.69 Å². The normalized spacial score (nSPS) is 10.2. The number of non-ortho nitro benzene ring substituents is 1. The van der Waals surface area contributed by atoms with E-state index in [-0.39, 0.29) is 23.9 Å². The molecule has 0 amide bonds. The molecular formula is C15H11IN2O7. The minimum atomic E-state index is -0.769. The highest BCUT2D eigenvalue weighted by Gasteiger charge is 2.23. The molecule has 2 aromatic rings. The van der Waals surface area contributed by atoms with Crippen LogP contribution in [0.4, 0.5) is 11.4 Å². The van der Waals surface area contributed by atoms with Gasteiger partial charge in [-0.1, -0.05) is 0 Å². The number of benzene rings is 2. The van der Waals surface area contributed by atoms with Gasteiger partial charge in [0.2, 0.25) is 5.75 Å². The van der Waals surface area contributed by atoms with Gasteiger partial charge in [0.1, 0.15) is 6.29 Å². The second-order valence-corrected chi connectivity index (χ2v) is 5.81. The lowest BCUT2D eigenvalue weighted by Gasteiger charge is -2.14. The summed E-state index contributed by atoms with van der Waals surface area (Å²) in [4.78, 5) is 31.5. The molecule has 2 aromatic carbocycles. The summed E-state index contributed by atoms with van der Waals surface area (Å²) in [6.45, 7) is 2.02. The van der Waals surface area contributed by atoms with Gasteiger partial charge < -0.3 is 9.47 Å². The van der Waals surface area contributed by atoms with Crippen molar-refractivity contribution >= 4 is 40.3 Å². The number of carbonyl (C=O) groups is 1. The standard InChI is InChI=1S/C15H11IN2O7/c1-2-24-14-6-9(8-19)5-11(16)15(14)25-13-4-3-10(17(20)21)7-12(13)18(22)23/h3-8H,2H2,1H3. The first-order valence-corrected chi connectivity index (χ1v) is 7.97. The third-order valence-corrected chi connectivity index (χ3v) is 3.83. The Balaban J connectivity index is 2.54. The van der Waals surface area contributed by atoms with Crippen LogP contribution >= 0.6 is 22.6 Å². The lowest BCUT2D eigenvalue weighted by Crippen LogP contribution is -2.01.